The van der Waals surface area contributed by atoms with Crippen molar-refractivity contribution in [3.63, 3.8) is 0 Å². The predicted octanol–water partition coefficient (Wildman–Crippen LogP) is 2.59. The van der Waals surface area contributed by atoms with Crippen LogP contribution in [0.15, 0.2) is 18.2 Å². The SMILES string of the molecule is CCN(CC)C1CCN(CC(=O)Nc2ccc3c(c2)OCCCO3)CC1. The van der Waals surface area contributed by atoms with Gasteiger partial charge in [-0.1, -0.05) is 13.8 Å². The van der Waals surface area contributed by atoms with Gasteiger partial charge in [-0.05, 0) is 38.1 Å². The molecule has 0 bridgehead atoms. The smallest absolute Gasteiger partial charge is 0.238 e. The largest absolute Gasteiger partial charge is 0.490 e. The van der Waals surface area contributed by atoms with Gasteiger partial charge in [0.2, 0.25) is 5.91 Å². The molecule has 6 heteroatoms. The highest BCUT2D eigenvalue weighted by atomic mass is 16.5. The van der Waals surface area contributed by atoms with Crippen molar-refractivity contribution in [2.24, 2.45) is 0 Å². The summed E-state index contributed by atoms with van der Waals surface area (Å²) in [6.45, 7) is 10.4. The van der Waals surface area contributed by atoms with Crippen LogP contribution < -0.4 is 14.8 Å². The first-order chi connectivity index (χ1) is 12.7. The van der Waals surface area contributed by atoms with Crippen LogP contribution in [-0.2, 0) is 4.79 Å². The average Bonchev–Trinajstić information content (AvgIpc) is 2.89. The molecule has 1 amide bonds. The number of likely N-dealkylation sites (tertiary alicyclic amines) is 1. The summed E-state index contributed by atoms with van der Waals surface area (Å²) in [7, 11) is 0. The molecule has 2 aliphatic rings. The quantitative estimate of drug-likeness (QED) is 0.844. The van der Waals surface area contributed by atoms with E-state index in [4.69, 9.17) is 9.47 Å². The lowest BCUT2D eigenvalue weighted by molar-refractivity contribution is -0.117. The third kappa shape index (κ3) is 4.89. The van der Waals surface area contributed by atoms with Crippen LogP contribution in [0.1, 0.15) is 33.1 Å². The molecular weight excluding hydrogens is 330 g/mol. The van der Waals surface area contributed by atoms with E-state index in [1.54, 1.807) is 0 Å². The molecule has 1 fully saturated rings. The van der Waals surface area contributed by atoms with Gasteiger partial charge in [0.05, 0.1) is 19.8 Å². The monoisotopic (exact) mass is 361 g/mol. The van der Waals surface area contributed by atoms with E-state index < -0.39 is 0 Å². The highest BCUT2D eigenvalue weighted by Crippen LogP contribution is 2.32. The zero-order valence-corrected chi connectivity index (χ0v) is 16.0. The van der Waals surface area contributed by atoms with Crippen molar-refractivity contribution >= 4 is 11.6 Å². The Morgan fingerprint density at radius 3 is 2.54 bits per heavy atom. The molecule has 144 valence electrons. The van der Waals surface area contributed by atoms with Crippen molar-refractivity contribution in [3.8, 4) is 11.5 Å². The summed E-state index contributed by atoms with van der Waals surface area (Å²) in [6.07, 6.45) is 3.15. The normalized spacial score (nSPS) is 18.6. The number of amides is 1. The van der Waals surface area contributed by atoms with Crippen molar-refractivity contribution < 1.29 is 14.3 Å². The van der Waals surface area contributed by atoms with Gasteiger partial charge in [0.15, 0.2) is 11.5 Å². The van der Waals surface area contributed by atoms with Crippen LogP contribution >= 0.6 is 0 Å². The van der Waals surface area contributed by atoms with Gasteiger partial charge in [-0.2, -0.15) is 0 Å². The van der Waals surface area contributed by atoms with Crippen molar-refractivity contribution in [1.82, 2.24) is 9.80 Å². The Labute approximate surface area is 156 Å². The van der Waals surface area contributed by atoms with Gasteiger partial charge in [-0.15, -0.1) is 0 Å². The van der Waals surface area contributed by atoms with E-state index in [1.165, 1.54) is 0 Å². The maximum Gasteiger partial charge on any atom is 0.238 e. The number of fused-ring (bicyclic) bond motifs is 1. The molecule has 3 rings (SSSR count). The highest BCUT2D eigenvalue weighted by Gasteiger charge is 2.24. The molecular formula is C20H31N3O3. The van der Waals surface area contributed by atoms with Gasteiger partial charge < -0.3 is 19.7 Å². The molecule has 0 spiro atoms. The Bertz CT molecular complexity index is 596. The number of hydrogen-bond acceptors (Lipinski definition) is 5. The Balaban J connectivity index is 1.48. The second-order valence-electron chi connectivity index (χ2n) is 6.99. The van der Waals surface area contributed by atoms with Crippen LogP contribution in [0.3, 0.4) is 0 Å². The number of rotatable bonds is 6. The number of anilines is 1. The first-order valence-electron chi connectivity index (χ1n) is 9.85. The second-order valence-corrected chi connectivity index (χ2v) is 6.99. The zero-order valence-electron chi connectivity index (χ0n) is 16.0. The van der Waals surface area contributed by atoms with E-state index in [-0.39, 0.29) is 5.91 Å². The number of piperidine rings is 1. The first-order valence-corrected chi connectivity index (χ1v) is 9.85. The summed E-state index contributed by atoms with van der Waals surface area (Å²) < 4.78 is 11.3. The third-order valence-corrected chi connectivity index (χ3v) is 5.28. The van der Waals surface area contributed by atoms with Crippen LogP contribution in [0.25, 0.3) is 0 Å². The molecule has 1 N–H and O–H groups in total. The lowest BCUT2D eigenvalue weighted by Crippen LogP contribution is -2.46. The van der Waals surface area contributed by atoms with Crippen LogP contribution in [0.2, 0.25) is 0 Å². The lowest BCUT2D eigenvalue weighted by atomic mass is 10.0. The molecule has 26 heavy (non-hydrogen) atoms. The van der Waals surface area contributed by atoms with Crippen LogP contribution in [0.5, 0.6) is 11.5 Å². The average molecular weight is 361 g/mol. The molecule has 0 saturated carbocycles. The summed E-state index contributed by atoms with van der Waals surface area (Å²) in [5.41, 5.74) is 0.761. The number of ether oxygens (including phenoxy) is 2. The minimum absolute atomic E-state index is 0.0285. The number of benzene rings is 1. The molecule has 2 heterocycles. The topological polar surface area (TPSA) is 54.0 Å². The summed E-state index contributed by atoms with van der Waals surface area (Å²) >= 11 is 0. The minimum Gasteiger partial charge on any atom is -0.490 e. The van der Waals surface area contributed by atoms with Crippen molar-refractivity contribution in [1.29, 1.82) is 0 Å². The molecule has 0 aromatic heterocycles. The van der Waals surface area contributed by atoms with Crippen LogP contribution in [0, 0.1) is 0 Å². The van der Waals surface area contributed by atoms with Gasteiger partial charge in [0, 0.05) is 37.3 Å². The maximum absolute atomic E-state index is 12.4. The van der Waals surface area contributed by atoms with Gasteiger partial charge in [0.25, 0.3) is 0 Å². The molecule has 2 aliphatic heterocycles. The Hall–Kier alpha value is -1.79. The van der Waals surface area contributed by atoms with E-state index in [2.05, 4.69) is 29.0 Å². The van der Waals surface area contributed by atoms with E-state index >= 15 is 0 Å². The van der Waals surface area contributed by atoms with Gasteiger partial charge in [-0.3, -0.25) is 9.69 Å². The lowest BCUT2D eigenvalue weighted by Gasteiger charge is -2.37. The van der Waals surface area contributed by atoms with Crippen molar-refractivity contribution in [3.05, 3.63) is 18.2 Å². The molecule has 1 aromatic carbocycles. The Morgan fingerprint density at radius 2 is 1.85 bits per heavy atom. The summed E-state index contributed by atoms with van der Waals surface area (Å²) in [6, 6.07) is 6.25. The Morgan fingerprint density at radius 1 is 1.15 bits per heavy atom. The number of nitrogens with zero attached hydrogens (tertiary/aromatic N) is 2. The zero-order chi connectivity index (χ0) is 18.4. The summed E-state index contributed by atoms with van der Waals surface area (Å²) in [5, 5.41) is 2.99. The van der Waals surface area contributed by atoms with E-state index in [9.17, 15) is 4.79 Å². The molecule has 0 unspecified atom stereocenters. The van der Waals surface area contributed by atoms with Gasteiger partial charge in [0.1, 0.15) is 0 Å². The first kappa shape index (κ1) is 19.0. The molecule has 1 saturated heterocycles. The number of carbonyl (C=O) groups is 1. The molecule has 0 radical (unpaired) electrons. The second kappa shape index (κ2) is 9.24. The number of carbonyl (C=O) groups excluding carboxylic acids is 1. The number of hydrogen-bond donors (Lipinski definition) is 1. The van der Waals surface area contributed by atoms with Crippen molar-refractivity contribution in [2.75, 3.05) is 51.3 Å². The maximum atomic E-state index is 12.4. The van der Waals surface area contributed by atoms with Crippen molar-refractivity contribution in [2.45, 2.75) is 39.2 Å². The van der Waals surface area contributed by atoms with E-state index in [1.807, 2.05) is 18.2 Å². The predicted molar refractivity (Wildman–Crippen MR) is 103 cm³/mol. The van der Waals surface area contributed by atoms with Gasteiger partial charge >= 0.3 is 0 Å². The minimum atomic E-state index is 0.0285. The Kier molecular flexibility index (Phi) is 6.74. The fourth-order valence-corrected chi connectivity index (χ4v) is 3.83. The number of nitrogens with one attached hydrogen (secondary N) is 1. The van der Waals surface area contributed by atoms with E-state index in [0.717, 1.165) is 56.9 Å². The molecule has 0 atom stereocenters. The van der Waals surface area contributed by atoms with Crippen LogP contribution in [0.4, 0.5) is 5.69 Å². The summed E-state index contributed by atoms with van der Waals surface area (Å²) in [5.74, 6) is 1.49. The van der Waals surface area contributed by atoms with Gasteiger partial charge in [-0.25, -0.2) is 0 Å². The standard InChI is InChI=1S/C20H31N3O3/c1-3-23(4-2)17-8-10-22(11-9-17)15-20(24)21-16-6-7-18-19(14-16)26-13-5-12-25-18/h6-7,14,17H,3-5,8-13,15H2,1-2H3,(H,21,24). The molecule has 0 aliphatic carbocycles. The van der Waals surface area contributed by atoms with Crippen LogP contribution in [-0.4, -0.2) is 67.7 Å². The molecule has 6 nitrogen and oxygen atoms in total. The highest BCUT2D eigenvalue weighted by molar-refractivity contribution is 5.92. The molecule has 1 aromatic rings. The van der Waals surface area contributed by atoms with E-state index in [0.29, 0.717) is 31.5 Å². The third-order valence-electron chi connectivity index (χ3n) is 5.28. The fourth-order valence-electron chi connectivity index (χ4n) is 3.83. The fraction of sp³-hybridized carbons (Fsp3) is 0.650. The summed E-state index contributed by atoms with van der Waals surface area (Å²) in [4.78, 5) is 17.2.